The van der Waals surface area contributed by atoms with Crippen LogP contribution in [0.1, 0.15) is 98.8 Å². The Morgan fingerprint density at radius 2 is 1.68 bits per heavy atom. The first-order chi connectivity index (χ1) is 16.1. The predicted molar refractivity (Wildman–Crippen MR) is 131 cm³/mol. The molecule has 6 unspecified atom stereocenters. The number of rotatable bonds is 6. The number of esters is 2. The van der Waals surface area contributed by atoms with Crippen LogP contribution in [0.2, 0.25) is 0 Å². The monoisotopic (exact) mass is 474 g/mol. The fraction of sp³-hybridized carbons (Fsp3) is 0.897. The lowest BCUT2D eigenvalue weighted by Crippen LogP contribution is -2.60. The topological polar surface area (TPSA) is 69.7 Å². The Labute approximate surface area is 206 Å². The summed E-state index contributed by atoms with van der Waals surface area (Å²) in [7, 11) is 1.46. The normalized spacial score (nSPS) is 44.4. The van der Waals surface area contributed by atoms with E-state index in [0.29, 0.717) is 48.2 Å². The Bertz CT molecular complexity index is 806. The molecule has 5 nitrogen and oxygen atoms in total. The lowest BCUT2D eigenvalue weighted by atomic mass is 9.42. The molecule has 4 fully saturated rings. The molecule has 0 aromatic carbocycles. The summed E-state index contributed by atoms with van der Waals surface area (Å²) < 4.78 is 10.6. The summed E-state index contributed by atoms with van der Waals surface area (Å²) in [6.07, 6.45) is 9.19. The first-order valence-corrected chi connectivity index (χ1v) is 13.9. The third kappa shape index (κ3) is 4.13. The molecule has 0 amide bonds. The highest BCUT2D eigenvalue weighted by Gasteiger charge is 2.64. The van der Waals surface area contributed by atoms with E-state index in [4.69, 9.17) is 9.47 Å². The maximum absolute atomic E-state index is 14.0. The standard InChI is InChI=1S/C29H46O5/c1-7-24(30)34-19-12-14-29(5)22-13-15-28(4)20(17(2)8-11-25(31)33-6)9-10-21(28)26(22)27(32)18(3)23(29)16-19/h17-23,26H,7-16H2,1-6H3/t17-,18?,19-,20?,21?,22?,23?,26?,28-,29-/m1/s1. The van der Waals surface area contributed by atoms with Gasteiger partial charge in [-0.2, -0.15) is 0 Å². The predicted octanol–water partition coefficient (Wildman–Crippen LogP) is 5.98. The zero-order chi connectivity index (χ0) is 24.8. The molecule has 0 aliphatic heterocycles. The van der Waals surface area contributed by atoms with Crippen LogP contribution >= 0.6 is 0 Å². The molecule has 0 heterocycles. The van der Waals surface area contributed by atoms with Gasteiger partial charge in [0.05, 0.1) is 7.11 Å². The van der Waals surface area contributed by atoms with E-state index in [2.05, 4.69) is 27.7 Å². The molecule has 34 heavy (non-hydrogen) atoms. The van der Waals surface area contributed by atoms with Crippen molar-refractivity contribution in [1.82, 2.24) is 0 Å². The van der Waals surface area contributed by atoms with Crippen LogP contribution in [-0.2, 0) is 23.9 Å². The lowest BCUT2D eigenvalue weighted by Gasteiger charge is -2.62. The summed E-state index contributed by atoms with van der Waals surface area (Å²) in [4.78, 5) is 37.6. The van der Waals surface area contributed by atoms with Gasteiger partial charge in [0.2, 0.25) is 0 Å². The van der Waals surface area contributed by atoms with Crippen molar-refractivity contribution in [2.24, 2.45) is 52.3 Å². The second-order valence-corrected chi connectivity index (χ2v) is 12.6. The number of methoxy groups -OCH3 is 1. The first kappa shape index (κ1) is 25.7. The van der Waals surface area contributed by atoms with E-state index in [9.17, 15) is 14.4 Å². The van der Waals surface area contributed by atoms with Gasteiger partial charge in [-0.1, -0.05) is 34.6 Å². The highest BCUT2D eigenvalue weighted by atomic mass is 16.5. The van der Waals surface area contributed by atoms with Gasteiger partial charge in [-0.15, -0.1) is 0 Å². The van der Waals surface area contributed by atoms with Crippen LogP contribution in [0.25, 0.3) is 0 Å². The molecule has 0 bridgehead atoms. The van der Waals surface area contributed by atoms with Crippen LogP contribution in [0.5, 0.6) is 0 Å². The van der Waals surface area contributed by atoms with Crippen LogP contribution in [0, 0.1) is 52.3 Å². The van der Waals surface area contributed by atoms with Gasteiger partial charge in [0.15, 0.2) is 0 Å². The molecule has 5 heteroatoms. The Morgan fingerprint density at radius 3 is 2.35 bits per heavy atom. The third-order valence-electron chi connectivity index (χ3n) is 11.2. The minimum Gasteiger partial charge on any atom is -0.469 e. The third-order valence-corrected chi connectivity index (χ3v) is 11.2. The fourth-order valence-electron chi connectivity index (χ4n) is 9.34. The number of Topliss-reactive ketones (excluding diaryl/α,β-unsaturated/α-hetero) is 1. The smallest absolute Gasteiger partial charge is 0.305 e. The summed E-state index contributed by atoms with van der Waals surface area (Å²) >= 11 is 0. The van der Waals surface area contributed by atoms with Gasteiger partial charge in [0.1, 0.15) is 11.9 Å². The van der Waals surface area contributed by atoms with Crippen LogP contribution in [0.4, 0.5) is 0 Å². The Morgan fingerprint density at radius 1 is 1.00 bits per heavy atom. The molecule has 10 atom stereocenters. The Kier molecular flexibility index (Phi) is 7.24. The number of fused-ring (bicyclic) bond motifs is 5. The molecule has 0 aromatic heterocycles. The summed E-state index contributed by atoms with van der Waals surface area (Å²) in [5, 5.41) is 0. The highest BCUT2D eigenvalue weighted by Crippen LogP contribution is 2.68. The fourth-order valence-corrected chi connectivity index (χ4v) is 9.34. The van der Waals surface area contributed by atoms with E-state index in [1.165, 1.54) is 20.0 Å². The van der Waals surface area contributed by atoms with Gasteiger partial charge >= 0.3 is 11.9 Å². The number of carbonyl (C=O) groups is 3. The summed E-state index contributed by atoms with van der Waals surface area (Å²) in [6.45, 7) is 11.2. The molecule has 0 spiro atoms. The minimum absolute atomic E-state index is 0.0299. The average molecular weight is 475 g/mol. The average Bonchev–Trinajstić information content (AvgIpc) is 3.18. The maximum Gasteiger partial charge on any atom is 0.305 e. The van der Waals surface area contributed by atoms with Crippen molar-refractivity contribution < 1.29 is 23.9 Å². The van der Waals surface area contributed by atoms with Crippen molar-refractivity contribution in [2.75, 3.05) is 7.11 Å². The van der Waals surface area contributed by atoms with Gasteiger partial charge in [-0.05, 0) is 91.8 Å². The zero-order valence-corrected chi connectivity index (χ0v) is 22.2. The van der Waals surface area contributed by atoms with Crippen molar-refractivity contribution in [2.45, 2.75) is 105 Å². The SMILES string of the molecule is CCC(=O)O[C@@H]1CC[C@@]2(C)C(C1)C(C)C(=O)C1C2CC[C@@]2(C)C1CCC2[C@H](C)CCC(=O)OC. The van der Waals surface area contributed by atoms with Gasteiger partial charge in [-0.25, -0.2) is 0 Å². The second kappa shape index (κ2) is 9.58. The van der Waals surface area contributed by atoms with E-state index in [1.807, 2.05) is 6.92 Å². The van der Waals surface area contributed by atoms with E-state index < -0.39 is 0 Å². The van der Waals surface area contributed by atoms with E-state index in [-0.39, 0.29) is 40.7 Å². The van der Waals surface area contributed by atoms with Gasteiger partial charge in [0, 0.05) is 24.7 Å². The number of carbonyl (C=O) groups excluding carboxylic acids is 3. The molecule has 4 aliphatic carbocycles. The van der Waals surface area contributed by atoms with Crippen LogP contribution < -0.4 is 0 Å². The molecular formula is C29H46O5. The van der Waals surface area contributed by atoms with E-state index >= 15 is 0 Å². The second-order valence-electron chi connectivity index (χ2n) is 12.6. The Balaban J connectivity index is 1.53. The molecule has 0 aromatic rings. The van der Waals surface area contributed by atoms with Crippen molar-refractivity contribution in [3.63, 3.8) is 0 Å². The van der Waals surface area contributed by atoms with Crippen molar-refractivity contribution in [3.05, 3.63) is 0 Å². The van der Waals surface area contributed by atoms with E-state index in [1.54, 1.807) is 0 Å². The van der Waals surface area contributed by atoms with Crippen molar-refractivity contribution in [3.8, 4) is 0 Å². The van der Waals surface area contributed by atoms with Crippen molar-refractivity contribution in [1.29, 1.82) is 0 Å². The molecule has 0 radical (unpaired) electrons. The summed E-state index contributed by atoms with van der Waals surface area (Å²) in [5.74, 6) is 2.70. The number of ether oxygens (including phenoxy) is 2. The summed E-state index contributed by atoms with van der Waals surface area (Å²) in [6, 6.07) is 0. The largest absolute Gasteiger partial charge is 0.469 e. The minimum atomic E-state index is -0.120. The summed E-state index contributed by atoms with van der Waals surface area (Å²) in [5.41, 5.74) is 0.339. The molecule has 0 N–H and O–H groups in total. The molecular weight excluding hydrogens is 428 g/mol. The number of hydrogen-bond donors (Lipinski definition) is 0. The highest BCUT2D eigenvalue weighted by molar-refractivity contribution is 5.85. The first-order valence-electron chi connectivity index (χ1n) is 13.9. The zero-order valence-electron chi connectivity index (χ0n) is 22.2. The number of ketones is 1. The van der Waals surface area contributed by atoms with Crippen LogP contribution in [0.15, 0.2) is 0 Å². The molecule has 4 aliphatic rings. The van der Waals surface area contributed by atoms with Gasteiger partial charge in [-0.3, -0.25) is 14.4 Å². The molecule has 0 saturated heterocycles. The quantitative estimate of drug-likeness (QED) is 0.443. The molecule has 4 rings (SSSR count). The molecule has 4 saturated carbocycles. The van der Waals surface area contributed by atoms with Gasteiger partial charge < -0.3 is 9.47 Å². The van der Waals surface area contributed by atoms with Crippen LogP contribution in [0.3, 0.4) is 0 Å². The maximum atomic E-state index is 14.0. The molecule has 192 valence electrons. The number of hydrogen-bond acceptors (Lipinski definition) is 5. The van der Waals surface area contributed by atoms with Crippen molar-refractivity contribution >= 4 is 17.7 Å². The van der Waals surface area contributed by atoms with Crippen LogP contribution in [-0.4, -0.2) is 30.9 Å². The van der Waals surface area contributed by atoms with Gasteiger partial charge in [0.25, 0.3) is 0 Å². The Hall–Kier alpha value is -1.39. The lowest BCUT2D eigenvalue weighted by molar-refractivity contribution is -0.177. The van der Waals surface area contributed by atoms with E-state index in [0.717, 1.165) is 38.5 Å².